The van der Waals surface area contributed by atoms with Crippen LogP contribution in [0.4, 0.5) is 4.39 Å². The molecule has 0 radical (unpaired) electrons. The molecule has 0 spiro atoms. The molecule has 0 bridgehead atoms. The van der Waals surface area contributed by atoms with Gasteiger partial charge >= 0.3 is 5.97 Å². The van der Waals surface area contributed by atoms with Gasteiger partial charge in [0.2, 0.25) is 6.17 Å². The van der Waals surface area contributed by atoms with Gasteiger partial charge in [0.05, 0.1) is 33.0 Å². The van der Waals surface area contributed by atoms with Gasteiger partial charge < -0.3 is 23.7 Å². The molecular weight excluding hydrogens is 503 g/mol. The van der Waals surface area contributed by atoms with Crippen molar-refractivity contribution in [2.24, 2.45) is 0 Å². The highest BCUT2D eigenvalue weighted by molar-refractivity contribution is 5.94. The summed E-state index contributed by atoms with van der Waals surface area (Å²) in [6, 6.07) is 28.3. The first-order chi connectivity index (χ1) is 19.1. The number of esters is 1. The number of alkyl halides is 1. The first-order valence-corrected chi connectivity index (χ1v) is 13.0. The molecule has 1 heterocycles. The maximum atomic E-state index is 15.2. The standard InChI is InChI=1S/C31H33FO7/c1-2-36-31(34)26(32)29-27(33)30(38-20-24-16-10-5-11-17-24)28(37-19-23-14-8-4-9-15-23)25(39-29)21-35-18-22-12-6-3-7-13-22/h3-17,25-26,28-30H,2,18-21H2,1H3/t25-,26?,28+,29-,30-/m1/s1. The third-order valence-corrected chi connectivity index (χ3v) is 6.28. The van der Waals surface area contributed by atoms with Gasteiger partial charge in [-0.1, -0.05) is 91.0 Å². The number of halogens is 1. The molecule has 1 saturated heterocycles. The fourth-order valence-corrected chi connectivity index (χ4v) is 4.31. The van der Waals surface area contributed by atoms with Gasteiger partial charge in [0.1, 0.15) is 18.3 Å². The van der Waals surface area contributed by atoms with Crippen LogP contribution in [-0.4, -0.2) is 55.6 Å². The first-order valence-electron chi connectivity index (χ1n) is 13.0. The highest BCUT2D eigenvalue weighted by atomic mass is 19.1. The van der Waals surface area contributed by atoms with Gasteiger partial charge in [0, 0.05) is 0 Å². The van der Waals surface area contributed by atoms with Gasteiger partial charge in [-0.15, -0.1) is 0 Å². The first kappa shape index (κ1) is 28.6. The molecule has 39 heavy (non-hydrogen) atoms. The predicted molar refractivity (Wildman–Crippen MR) is 141 cm³/mol. The molecule has 1 fully saturated rings. The summed E-state index contributed by atoms with van der Waals surface area (Å²) < 4.78 is 44.1. The molecule has 8 heteroatoms. The Bertz CT molecular complexity index is 1160. The SMILES string of the molecule is CCOC(=O)C(F)[C@H]1O[C@H](COCc2ccccc2)[C@H](OCc2ccccc2)[C@H](OCc2ccccc2)C1=O. The minimum absolute atomic E-state index is 0.0150. The maximum Gasteiger partial charge on any atom is 0.343 e. The normalized spacial score (nSPS) is 21.8. The Kier molecular flexibility index (Phi) is 10.7. The Morgan fingerprint density at radius 2 is 1.33 bits per heavy atom. The highest BCUT2D eigenvalue weighted by Crippen LogP contribution is 2.28. The molecule has 206 valence electrons. The van der Waals surface area contributed by atoms with Crippen molar-refractivity contribution in [1.82, 2.24) is 0 Å². The van der Waals surface area contributed by atoms with Crippen LogP contribution < -0.4 is 0 Å². The molecule has 7 nitrogen and oxygen atoms in total. The van der Waals surface area contributed by atoms with E-state index in [-0.39, 0.29) is 33.0 Å². The van der Waals surface area contributed by atoms with Gasteiger partial charge in [-0.2, -0.15) is 0 Å². The molecule has 1 aliphatic rings. The van der Waals surface area contributed by atoms with Gasteiger partial charge in [-0.25, -0.2) is 9.18 Å². The zero-order chi connectivity index (χ0) is 27.5. The second-order valence-corrected chi connectivity index (χ2v) is 9.13. The van der Waals surface area contributed by atoms with Gasteiger partial charge in [-0.3, -0.25) is 4.79 Å². The van der Waals surface area contributed by atoms with Crippen molar-refractivity contribution in [3.05, 3.63) is 108 Å². The molecule has 4 rings (SSSR count). The van der Waals surface area contributed by atoms with Gasteiger partial charge in [-0.05, 0) is 23.6 Å². The van der Waals surface area contributed by atoms with E-state index in [9.17, 15) is 9.59 Å². The lowest BCUT2D eigenvalue weighted by Gasteiger charge is -2.40. The summed E-state index contributed by atoms with van der Waals surface area (Å²) in [5, 5.41) is 0. The van der Waals surface area contributed by atoms with E-state index >= 15 is 4.39 Å². The van der Waals surface area contributed by atoms with Crippen molar-refractivity contribution in [2.45, 2.75) is 57.3 Å². The zero-order valence-corrected chi connectivity index (χ0v) is 21.8. The minimum atomic E-state index is -2.31. The van der Waals surface area contributed by atoms with Crippen LogP contribution in [0.1, 0.15) is 23.6 Å². The third-order valence-electron chi connectivity index (χ3n) is 6.28. The lowest BCUT2D eigenvalue weighted by Crippen LogP contribution is -2.61. The van der Waals surface area contributed by atoms with Gasteiger partial charge in [0.25, 0.3) is 0 Å². The summed E-state index contributed by atoms with van der Waals surface area (Å²) in [5.74, 6) is -1.88. The smallest absolute Gasteiger partial charge is 0.343 e. The van der Waals surface area contributed by atoms with Crippen molar-refractivity contribution in [1.29, 1.82) is 0 Å². The number of hydrogen-bond donors (Lipinski definition) is 0. The second kappa shape index (κ2) is 14.6. The van der Waals surface area contributed by atoms with Crippen molar-refractivity contribution in [3.8, 4) is 0 Å². The average molecular weight is 537 g/mol. The van der Waals surface area contributed by atoms with Crippen LogP contribution in [0.25, 0.3) is 0 Å². The topological polar surface area (TPSA) is 80.3 Å². The highest BCUT2D eigenvalue weighted by Gasteiger charge is 2.51. The van der Waals surface area contributed by atoms with Crippen LogP contribution >= 0.6 is 0 Å². The van der Waals surface area contributed by atoms with E-state index in [4.69, 9.17) is 23.7 Å². The van der Waals surface area contributed by atoms with Crippen LogP contribution in [0, 0.1) is 0 Å². The number of hydrogen-bond acceptors (Lipinski definition) is 7. The molecule has 5 atom stereocenters. The molecule has 0 N–H and O–H groups in total. The third kappa shape index (κ3) is 8.03. The monoisotopic (exact) mass is 536 g/mol. The van der Waals surface area contributed by atoms with Crippen LogP contribution in [-0.2, 0) is 53.1 Å². The van der Waals surface area contributed by atoms with E-state index in [0.29, 0.717) is 0 Å². The Balaban J connectivity index is 1.57. The number of ketones is 1. The maximum absolute atomic E-state index is 15.2. The fourth-order valence-electron chi connectivity index (χ4n) is 4.31. The largest absolute Gasteiger partial charge is 0.464 e. The lowest BCUT2D eigenvalue weighted by molar-refractivity contribution is -0.223. The molecule has 1 unspecified atom stereocenters. The Hall–Kier alpha value is -3.43. The van der Waals surface area contributed by atoms with Crippen molar-refractivity contribution in [3.63, 3.8) is 0 Å². The van der Waals surface area contributed by atoms with Crippen LogP contribution in [0.2, 0.25) is 0 Å². The Labute approximate surface area is 227 Å². The van der Waals surface area contributed by atoms with E-state index in [2.05, 4.69) is 0 Å². The van der Waals surface area contributed by atoms with Crippen molar-refractivity contribution < 1.29 is 37.7 Å². The van der Waals surface area contributed by atoms with E-state index < -0.39 is 42.3 Å². The van der Waals surface area contributed by atoms with E-state index in [1.165, 1.54) is 0 Å². The summed E-state index contributed by atoms with van der Waals surface area (Å²) >= 11 is 0. The van der Waals surface area contributed by atoms with E-state index in [1.54, 1.807) is 6.92 Å². The van der Waals surface area contributed by atoms with Crippen molar-refractivity contribution in [2.75, 3.05) is 13.2 Å². The molecule has 1 aliphatic heterocycles. The lowest BCUT2D eigenvalue weighted by atomic mass is 9.93. The summed E-state index contributed by atoms with van der Waals surface area (Å²) in [6.45, 7) is 2.05. The van der Waals surface area contributed by atoms with Crippen LogP contribution in [0.3, 0.4) is 0 Å². The molecule has 0 aromatic heterocycles. The summed E-state index contributed by atoms with van der Waals surface area (Å²) in [6.07, 6.45) is -7.04. The van der Waals surface area contributed by atoms with Gasteiger partial charge in [0.15, 0.2) is 11.9 Å². The summed E-state index contributed by atoms with van der Waals surface area (Å²) in [5.41, 5.74) is 2.65. The Morgan fingerprint density at radius 1 is 0.821 bits per heavy atom. The fraction of sp³-hybridized carbons (Fsp3) is 0.355. The molecule has 0 saturated carbocycles. The van der Waals surface area contributed by atoms with E-state index in [1.807, 2.05) is 91.0 Å². The predicted octanol–water partition coefficient (Wildman–Crippen LogP) is 4.61. The summed E-state index contributed by atoms with van der Waals surface area (Å²) in [7, 11) is 0. The van der Waals surface area contributed by atoms with Crippen LogP contribution in [0.5, 0.6) is 0 Å². The van der Waals surface area contributed by atoms with E-state index in [0.717, 1.165) is 16.7 Å². The molecule has 3 aromatic carbocycles. The summed E-state index contributed by atoms with van der Waals surface area (Å²) in [4.78, 5) is 25.8. The average Bonchev–Trinajstić information content (AvgIpc) is 2.97. The number of rotatable bonds is 13. The Morgan fingerprint density at radius 3 is 1.87 bits per heavy atom. The second-order valence-electron chi connectivity index (χ2n) is 9.13. The molecule has 0 aliphatic carbocycles. The zero-order valence-electron chi connectivity index (χ0n) is 21.8. The number of carbonyl (C=O) groups is 2. The number of benzene rings is 3. The minimum Gasteiger partial charge on any atom is -0.464 e. The molecule has 0 amide bonds. The quantitative estimate of drug-likeness (QED) is 0.295. The molecular formula is C31H33FO7. The molecule has 3 aromatic rings. The number of Topliss-reactive ketones (excluding diaryl/α,β-unsaturated/α-hetero) is 1. The van der Waals surface area contributed by atoms with Crippen LogP contribution in [0.15, 0.2) is 91.0 Å². The number of ether oxygens (including phenoxy) is 5. The number of carbonyl (C=O) groups excluding carboxylic acids is 2. The van der Waals surface area contributed by atoms with Crippen molar-refractivity contribution >= 4 is 11.8 Å².